The number of benzene rings is 1. The summed E-state index contributed by atoms with van der Waals surface area (Å²) in [7, 11) is 0. The molecule has 2 atom stereocenters. The molecule has 3 aliphatic heterocycles. The predicted molar refractivity (Wildman–Crippen MR) is 104 cm³/mol. The molecule has 2 unspecified atom stereocenters. The molecule has 2 amide bonds. The molecule has 0 bridgehead atoms. The minimum Gasteiger partial charge on any atom is -0.375 e. The van der Waals surface area contributed by atoms with Crippen LogP contribution in [-0.4, -0.2) is 73.9 Å². The van der Waals surface area contributed by atoms with Gasteiger partial charge in [0.05, 0.1) is 12.7 Å². The number of morpholine rings is 1. The van der Waals surface area contributed by atoms with Crippen molar-refractivity contribution in [3.8, 4) is 0 Å². The van der Waals surface area contributed by atoms with E-state index >= 15 is 0 Å². The maximum absolute atomic E-state index is 12.6. The number of amides is 2. The van der Waals surface area contributed by atoms with Crippen LogP contribution in [0.15, 0.2) is 24.3 Å². The van der Waals surface area contributed by atoms with Gasteiger partial charge in [0.1, 0.15) is 0 Å². The van der Waals surface area contributed by atoms with Gasteiger partial charge in [-0.05, 0) is 63.5 Å². The molecule has 26 heavy (non-hydrogen) atoms. The summed E-state index contributed by atoms with van der Waals surface area (Å²) < 4.78 is 5.60. The summed E-state index contributed by atoms with van der Waals surface area (Å²) in [6, 6.07) is 8.76. The molecule has 1 aromatic rings. The summed E-state index contributed by atoms with van der Waals surface area (Å²) in [5, 5.41) is 3.06. The normalized spacial score (nSPS) is 27.1. The Bertz CT molecular complexity index is 615. The van der Waals surface area contributed by atoms with Crippen LogP contribution < -0.4 is 10.2 Å². The number of anilines is 2. The minimum absolute atomic E-state index is 0.0273. The maximum atomic E-state index is 12.6. The second kappa shape index (κ2) is 7.84. The summed E-state index contributed by atoms with van der Waals surface area (Å²) in [5.41, 5.74) is 2.05. The number of ether oxygens (including phenoxy) is 1. The van der Waals surface area contributed by atoms with E-state index in [0.29, 0.717) is 6.04 Å². The van der Waals surface area contributed by atoms with Gasteiger partial charge in [0.25, 0.3) is 0 Å². The summed E-state index contributed by atoms with van der Waals surface area (Å²) >= 11 is 0. The van der Waals surface area contributed by atoms with Crippen LogP contribution in [-0.2, 0) is 4.74 Å². The fourth-order valence-corrected chi connectivity index (χ4v) is 4.34. The molecule has 3 saturated heterocycles. The highest BCUT2D eigenvalue weighted by Gasteiger charge is 2.31. The first-order valence-electron chi connectivity index (χ1n) is 9.95. The Morgan fingerprint density at radius 3 is 2.58 bits per heavy atom. The summed E-state index contributed by atoms with van der Waals surface area (Å²) in [5.74, 6) is 0. The van der Waals surface area contributed by atoms with Crippen LogP contribution >= 0.6 is 0 Å². The first-order chi connectivity index (χ1) is 12.7. The van der Waals surface area contributed by atoms with Gasteiger partial charge in [-0.15, -0.1) is 0 Å². The number of hydrogen-bond donors (Lipinski definition) is 1. The van der Waals surface area contributed by atoms with Gasteiger partial charge in [-0.1, -0.05) is 0 Å². The van der Waals surface area contributed by atoms with Crippen LogP contribution in [0.4, 0.5) is 16.2 Å². The van der Waals surface area contributed by atoms with E-state index in [2.05, 4.69) is 34.2 Å². The Morgan fingerprint density at radius 1 is 1.08 bits per heavy atom. The second-order valence-electron chi connectivity index (χ2n) is 7.74. The number of nitrogens with one attached hydrogen (secondary N) is 1. The molecule has 0 spiro atoms. The Hall–Kier alpha value is -1.79. The van der Waals surface area contributed by atoms with Gasteiger partial charge in [0.2, 0.25) is 0 Å². The van der Waals surface area contributed by atoms with Gasteiger partial charge < -0.3 is 19.9 Å². The monoisotopic (exact) mass is 358 g/mol. The van der Waals surface area contributed by atoms with Crippen molar-refractivity contribution < 1.29 is 9.53 Å². The predicted octanol–water partition coefficient (Wildman–Crippen LogP) is 2.61. The van der Waals surface area contributed by atoms with Crippen molar-refractivity contribution in [2.24, 2.45) is 0 Å². The van der Waals surface area contributed by atoms with Gasteiger partial charge in [-0.2, -0.15) is 0 Å². The van der Waals surface area contributed by atoms with E-state index < -0.39 is 0 Å². The number of likely N-dealkylation sites (tertiary alicyclic amines) is 2. The highest BCUT2D eigenvalue weighted by atomic mass is 16.5. The number of carbonyl (C=O) groups excluding carboxylic acids is 1. The highest BCUT2D eigenvalue weighted by molar-refractivity contribution is 5.89. The molecule has 142 valence electrons. The molecule has 0 aromatic heterocycles. The zero-order valence-electron chi connectivity index (χ0n) is 15.7. The van der Waals surface area contributed by atoms with Gasteiger partial charge in [0, 0.05) is 43.6 Å². The van der Waals surface area contributed by atoms with Gasteiger partial charge in [0.15, 0.2) is 0 Å². The maximum Gasteiger partial charge on any atom is 0.321 e. The highest BCUT2D eigenvalue weighted by Crippen LogP contribution is 2.23. The molecular weight excluding hydrogens is 328 g/mol. The number of carbonyl (C=O) groups is 1. The Balaban J connectivity index is 1.30. The van der Waals surface area contributed by atoms with Crippen molar-refractivity contribution in [3.63, 3.8) is 0 Å². The van der Waals surface area contributed by atoms with E-state index in [0.717, 1.165) is 44.9 Å². The topological polar surface area (TPSA) is 48.1 Å². The van der Waals surface area contributed by atoms with Crippen LogP contribution in [0.2, 0.25) is 0 Å². The molecule has 1 N–H and O–H groups in total. The number of hydrogen-bond acceptors (Lipinski definition) is 4. The molecule has 3 fully saturated rings. The largest absolute Gasteiger partial charge is 0.375 e. The van der Waals surface area contributed by atoms with Crippen molar-refractivity contribution in [1.29, 1.82) is 0 Å². The zero-order valence-corrected chi connectivity index (χ0v) is 15.7. The number of nitrogens with zero attached hydrogens (tertiary/aromatic N) is 3. The standard InChI is InChI=1S/C20H30N4O2/c1-16-14-23(12-13-26-16)18-6-4-17(5-7-18)21-20(25)24-11-8-19(15-24)22-9-2-3-10-22/h4-7,16,19H,2-3,8-15H2,1H3,(H,21,25). The smallest absolute Gasteiger partial charge is 0.321 e. The first-order valence-corrected chi connectivity index (χ1v) is 9.95. The Kier molecular flexibility index (Phi) is 5.31. The van der Waals surface area contributed by atoms with E-state index in [1.54, 1.807) is 0 Å². The molecule has 0 aliphatic carbocycles. The van der Waals surface area contributed by atoms with Gasteiger partial charge in [-0.25, -0.2) is 4.79 Å². The average Bonchev–Trinajstić information content (AvgIpc) is 3.34. The van der Waals surface area contributed by atoms with Crippen LogP contribution in [0.25, 0.3) is 0 Å². The summed E-state index contributed by atoms with van der Waals surface area (Å²) in [6.07, 6.45) is 3.97. The van der Waals surface area contributed by atoms with E-state index in [1.165, 1.54) is 31.6 Å². The zero-order chi connectivity index (χ0) is 17.9. The fraction of sp³-hybridized carbons (Fsp3) is 0.650. The molecule has 6 heteroatoms. The van der Waals surface area contributed by atoms with E-state index in [-0.39, 0.29) is 12.1 Å². The van der Waals surface area contributed by atoms with Crippen LogP contribution in [0.3, 0.4) is 0 Å². The van der Waals surface area contributed by atoms with Crippen molar-refractivity contribution in [3.05, 3.63) is 24.3 Å². The minimum atomic E-state index is 0.0273. The molecule has 4 rings (SSSR count). The van der Waals surface area contributed by atoms with Crippen LogP contribution in [0.5, 0.6) is 0 Å². The van der Waals surface area contributed by atoms with Gasteiger partial charge in [-0.3, -0.25) is 4.90 Å². The lowest BCUT2D eigenvalue weighted by atomic mass is 10.2. The molecule has 1 aromatic carbocycles. The van der Waals surface area contributed by atoms with Crippen molar-refractivity contribution in [2.75, 3.05) is 56.1 Å². The lowest BCUT2D eigenvalue weighted by molar-refractivity contribution is 0.0532. The molecule has 0 radical (unpaired) electrons. The number of rotatable bonds is 3. The third-order valence-electron chi connectivity index (χ3n) is 5.83. The summed E-state index contributed by atoms with van der Waals surface area (Å²) in [6.45, 7) is 8.81. The molecule has 3 aliphatic rings. The number of urea groups is 1. The molecule has 6 nitrogen and oxygen atoms in total. The van der Waals surface area contributed by atoms with E-state index in [4.69, 9.17) is 4.74 Å². The summed E-state index contributed by atoms with van der Waals surface area (Å²) in [4.78, 5) is 19.4. The van der Waals surface area contributed by atoms with Crippen LogP contribution in [0.1, 0.15) is 26.2 Å². The van der Waals surface area contributed by atoms with E-state index in [9.17, 15) is 4.79 Å². The molecule has 0 saturated carbocycles. The fourth-order valence-electron chi connectivity index (χ4n) is 4.34. The van der Waals surface area contributed by atoms with Crippen molar-refractivity contribution >= 4 is 17.4 Å². The lowest BCUT2D eigenvalue weighted by Crippen LogP contribution is -2.41. The Labute approximate surface area is 156 Å². The molecular formula is C20H30N4O2. The quantitative estimate of drug-likeness (QED) is 0.902. The average molecular weight is 358 g/mol. The van der Waals surface area contributed by atoms with E-state index in [1.807, 2.05) is 17.0 Å². The lowest BCUT2D eigenvalue weighted by Gasteiger charge is -2.33. The van der Waals surface area contributed by atoms with Crippen LogP contribution in [0, 0.1) is 0 Å². The third-order valence-corrected chi connectivity index (χ3v) is 5.83. The van der Waals surface area contributed by atoms with Crippen molar-refractivity contribution in [2.45, 2.75) is 38.3 Å². The SMILES string of the molecule is CC1CN(c2ccc(NC(=O)N3CCC(N4CCCC4)C3)cc2)CCO1. The first kappa shape index (κ1) is 17.6. The Morgan fingerprint density at radius 2 is 1.85 bits per heavy atom. The molecule has 3 heterocycles. The van der Waals surface area contributed by atoms with Crippen molar-refractivity contribution in [1.82, 2.24) is 9.80 Å². The third kappa shape index (κ3) is 3.96. The second-order valence-corrected chi connectivity index (χ2v) is 7.74. The van der Waals surface area contributed by atoms with Gasteiger partial charge >= 0.3 is 6.03 Å².